The molecule has 2 rings (SSSR count). The lowest BCUT2D eigenvalue weighted by Gasteiger charge is -2.09. The molecule has 0 aliphatic carbocycles. The molecule has 2 aromatic carbocycles. The molecule has 4 heteroatoms. The molecule has 0 aliphatic heterocycles. The minimum Gasteiger partial charge on any atom is -0.375 e. The minimum atomic E-state index is -0.0523. The normalized spacial score (nSPS) is 10.0. The second kappa shape index (κ2) is 6.56. The number of anilines is 2. The standard InChI is InChI=1S/C15H15IN2O/c1-11-6-8-12(9-7-11)18-15(19)10-17-14-5-3-2-4-13(14)16/h2-9,17H,10H2,1H3,(H,18,19). The van der Waals surface area contributed by atoms with Crippen molar-refractivity contribution in [3.8, 4) is 0 Å². The summed E-state index contributed by atoms with van der Waals surface area (Å²) in [4.78, 5) is 11.8. The Hall–Kier alpha value is -1.56. The van der Waals surface area contributed by atoms with Crippen molar-refractivity contribution in [3.63, 3.8) is 0 Å². The van der Waals surface area contributed by atoms with Gasteiger partial charge in [0, 0.05) is 14.9 Å². The van der Waals surface area contributed by atoms with Crippen LogP contribution in [0.5, 0.6) is 0 Å². The molecule has 2 N–H and O–H groups in total. The van der Waals surface area contributed by atoms with E-state index in [0.29, 0.717) is 0 Å². The molecule has 1 amide bonds. The second-order valence-corrected chi connectivity index (χ2v) is 5.41. The Bertz CT molecular complexity index is 567. The summed E-state index contributed by atoms with van der Waals surface area (Å²) in [6.07, 6.45) is 0. The van der Waals surface area contributed by atoms with Gasteiger partial charge >= 0.3 is 0 Å². The number of halogens is 1. The number of hydrogen-bond acceptors (Lipinski definition) is 2. The van der Waals surface area contributed by atoms with Crippen molar-refractivity contribution in [1.82, 2.24) is 0 Å². The summed E-state index contributed by atoms with van der Waals surface area (Å²) in [5.41, 5.74) is 2.97. The zero-order valence-electron chi connectivity index (χ0n) is 10.6. The van der Waals surface area contributed by atoms with E-state index in [9.17, 15) is 4.79 Å². The molecule has 0 unspecified atom stereocenters. The molecule has 0 spiro atoms. The van der Waals surface area contributed by atoms with E-state index in [1.807, 2.05) is 55.5 Å². The summed E-state index contributed by atoms with van der Waals surface area (Å²) in [7, 11) is 0. The van der Waals surface area contributed by atoms with Crippen LogP contribution in [-0.2, 0) is 4.79 Å². The van der Waals surface area contributed by atoms with Crippen LogP contribution in [0.2, 0.25) is 0 Å². The Kier molecular flexibility index (Phi) is 4.79. The SMILES string of the molecule is Cc1ccc(NC(=O)CNc2ccccc2I)cc1. The zero-order chi connectivity index (χ0) is 13.7. The van der Waals surface area contributed by atoms with Gasteiger partial charge in [0.05, 0.1) is 6.54 Å². The third kappa shape index (κ3) is 4.24. The highest BCUT2D eigenvalue weighted by molar-refractivity contribution is 14.1. The van der Waals surface area contributed by atoms with Crippen LogP contribution in [0, 0.1) is 10.5 Å². The maximum atomic E-state index is 11.8. The Morgan fingerprint density at radius 2 is 1.79 bits per heavy atom. The van der Waals surface area contributed by atoms with Gasteiger partial charge in [0.15, 0.2) is 0 Å². The van der Waals surface area contributed by atoms with Crippen LogP contribution >= 0.6 is 22.6 Å². The van der Waals surface area contributed by atoms with Gasteiger partial charge in [-0.3, -0.25) is 4.79 Å². The molecular weight excluding hydrogens is 351 g/mol. The number of carbonyl (C=O) groups excluding carboxylic acids is 1. The highest BCUT2D eigenvalue weighted by atomic mass is 127. The van der Waals surface area contributed by atoms with E-state index < -0.39 is 0 Å². The molecule has 3 nitrogen and oxygen atoms in total. The van der Waals surface area contributed by atoms with Crippen LogP contribution in [0.4, 0.5) is 11.4 Å². The number of amides is 1. The molecule has 0 atom stereocenters. The molecule has 0 aromatic heterocycles. The molecule has 0 saturated carbocycles. The predicted molar refractivity (Wildman–Crippen MR) is 87.5 cm³/mol. The largest absolute Gasteiger partial charge is 0.375 e. The average molecular weight is 366 g/mol. The van der Waals surface area contributed by atoms with E-state index in [0.717, 1.165) is 14.9 Å². The number of para-hydroxylation sites is 1. The van der Waals surface area contributed by atoms with E-state index in [-0.39, 0.29) is 12.5 Å². The fourth-order valence-corrected chi connectivity index (χ4v) is 2.20. The molecule has 19 heavy (non-hydrogen) atoms. The third-order valence-electron chi connectivity index (χ3n) is 2.65. The van der Waals surface area contributed by atoms with E-state index in [1.165, 1.54) is 5.56 Å². The molecular formula is C15H15IN2O. The van der Waals surface area contributed by atoms with Gasteiger partial charge in [-0.05, 0) is 53.8 Å². The fourth-order valence-electron chi connectivity index (χ4n) is 1.62. The van der Waals surface area contributed by atoms with Gasteiger partial charge < -0.3 is 10.6 Å². The van der Waals surface area contributed by atoms with Gasteiger partial charge in [0.2, 0.25) is 5.91 Å². The number of benzene rings is 2. The van der Waals surface area contributed by atoms with Crippen molar-refractivity contribution >= 4 is 39.9 Å². The van der Waals surface area contributed by atoms with Crippen molar-refractivity contribution in [2.24, 2.45) is 0 Å². The minimum absolute atomic E-state index is 0.0523. The topological polar surface area (TPSA) is 41.1 Å². The smallest absolute Gasteiger partial charge is 0.243 e. The van der Waals surface area contributed by atoms with Crippen LogP contribution in [0.3, 0.4) is 0 Å². The van der Waals surface area contributed by atoms with Crippen molar-refractivity contribution < 1.29 is 4.79 Å². The summed E-state index contributed by atoms with van der Waals surface area (Å²) in [6, 6.07) is 15.6. The van der Waals surface area contributed by atoms with Crippen LogP contribution in [0.1, 0.15) is 5.56 Å². The average Bonchev–Trinajstić information content (AvgIpc) is 2.40. The van der Waals surface area contributed by atoms with Crippen LogP contribution in [0.25, 0.3) is 0 Å². The maximum Gasteiger partial charge on any atom is 0.243 e. The number of rotatable bonds is 4. The van der Waals surface area contributed by atoms with Gasteiger partial charge in [-0.15, -0.1) is 0 Å². The molecule has 98 valence electrons. The highest BCUT2D eigenvalue weighted by Gasteiger charge is 2.03. The van der Waals surface area contributed by atoms with Gasteiger partial charge in [0.25, 0.3) is 0 Å². The van der Waals surface area contributed by atoms with Gasteiger partial charge in [-0.25, -0.2) is 0 Å². The first kappa shape index (κ1) is 13.9. The molecule has 0 heterocycles. The maximum absolute atomic E-state index is 11.8. The second-order valence-electron chi connectivity index (χ2n) is 4.25. The summed E-state index contributed by atoms with van der Waals surface area (Å²) >= 11 is 2.24. The molecule has 0 radical (unpaired) electrons. The number of hydrogen-bond donors (Lipinski definition) is 2. The van der Waals surface area contributed by atoms with Crippen LogP contribution in [0.15, 0.2) is 48.5 Å². The molecule has 0 bridgehead atoms. The first-order chi connectivity index (χ1) is 9.15. The van der Waals surface area contributed by atoms with Crippen LogP contribution < -0.4 is 10.6 Å². The monoisotopic (exact) mass is 366 g/mol. The molecule has 0 fully saturated rings. The molecule has 2 aromatic rings. The lowest BCUT2D eigenvalue weighted by Crippen LogP contribution is -2.22. The van der Waals surface area contributed by atoms with Crippen molar-refractivity contribution in [2.75, 3.05) is 17.2 Å². The van der Waals surface area contributed by atoms with E-state index in [2.05, 4.69) is 33.2 Å². The van der Waals surface area contributed by atoms with Crippen LogP contribution in [-0.4, -0.2) is 12.5 Å². The van der Waals surface area contributed by atoms with Gasteiger partial charge in [-0.2, -0.15) is 0 Å². The zero-order valence-corrected chi connectivity index (χ0v) is 12.8. The number of aryl methyl sites for hydroxylation is 1. The summed E-state index contributed by atoms with van der Waals surface area (Å²) < 4.78 is 1.10. The summed E-state index contributed by atoms with van der Waals surface area (Å²) in [5, 5.41) is 5.98. The van der Waals surface area contributed by atoms with E-state index in [1.54, 1.807) is 0 Å². The van der Waals surface area contributed by atoms with E-state index in [4.69, 9.17) is 0 Å². The number of carbonyl (C=O) groups is 1. The first-order valence-corrected chi connectivity index (χ1v) is 7.08. The first-order valence-electron chi connectivity index (χ1n) is 6.00. The lowest BCUT2D eigenvalue weighted by molar-refractivity contribution is -0.114. The van der Waals surface area contributed by atoms with Crippen molar-refractivity contribution in [2.45, 2.75) is 6.92 Å². The third-order valence-corrected chi connectivity index (χ3v) is 3.59. The fraction of sp³-hybridized carbons (Fsp3) is 0.133. The summed E-state index contributed by atoms with van der Waals surface area (Å²) in [5.74, 6) is -0.0523. The summed E-state index contributed by atoms with van der Waals surface area (Å²) in [6.45, 7) is 2.28. The number of nitrogens with one attached hydrogen (secondary N) is 2. The van der Waals surface area contributed by atoms with Crippen molar-refractivity contribution in [1.29, 1.82) is 0 Å². The quantitative estimate of drug-likeness (QED) is 0.812. The highest BCUT2D eigenvalue weighted by Crippen LogP contribution is 2.16. The Morgan fingerprint density at radius 1 is 1.11 bits per heavy atom. The van der Waals surface area contributed by atoms with Gasteiger partial charge in [-0.1, -0.05) is 29.8 Å². The predicted octanol–water partition coefficient (Wildman–Crippen LogP) is 3.65. The van der Waals surface area contributed by atoms with Gasteiger partial charge in [0.1, 0.15) is 0 Å². The van der Waals surface area contributed by atoms with E-state index >= 15 is 0 Å². The Balaban J connectivity index is 1.88. The molecule has 0 aliphatic rings. The van der Waals surface area contributed by atoms with Crippen molar-refractivity contribution in [3.05, 3.63) is 57.7 Å². The lowest BCUT2D eigenvalue weighted by atomic mass is 10.2. The Morgan fingerprint density at radius 3 is 2.47 bits per heavy atom. The Labute approximate surface area is 126 Å². The molecule has 0 saturated heterocycles.